The second-order valence-electron chi connectivity index (χ2n) is 8.79. The Bertz CT molecular complexity index is 599. The van der Waals surface area contributed by atoms with Gasteiger partial charge in [0.25, 0.3) is 0 Å². The van der Waals surface area contributed by atoms with Gasteiger partial charge < -0.3 is 16.0 Å². The van der Waals surface area contributed by atoms with Gasteiger partial charge in [0.1, 0.15) is 0 Å². The van der Waals surface area contributed by atoms with Crippen molar-refractivity contribution in [1.29, 1.82) is 0 Å². The van der Waals surface area contributed by atoms with Crippen molar-refractivity contribution in [2.45, 2.75) is 71.8 Å². The minimum absolute atomic E-state index is 0.0154. The highest BCUT2D eigenvalue weighted by Gasteiger charge is 2.32. The minimum Gasteiger partial charge on any atom is -0.345 e. The van der Waals surface area contributed by atoms with E-state index in [2.05, 4.69) is 48.7 Å². The molecule has 2 aliphatic carbocycles. The van der Waals surface area contributed by atoms with Crippen molar-refractivity contribution in [3.05, 3.63) is 11.6 Å². The van der Waals surface area contributed by atoms with Gasteiger partial charge in [-0.1, -0.05) is 50.7 Å². The largest absolute Gasteiger partial charge is 0.345 e. The zero-order valence-electron chi connectivity index (χ0n) is 17.7. The topological polar surface area (TPSA) is 70.2 Å². The standard InChI is InChI=1S/C23H37N3O2/c1-5-11-24-22(27)14-18-13-21(16(2)3)19(12-17(18)4)15-25-23(28)26-20-9-7-6-8-10-20/h1,12,16,18-21H,6-11,13-15H2,2-4H3,(H,24,27)(H2,25,26,28)/t18-,19-,21-/m0/s1. The van der Waals surface area contributed by atoms with Gasteiger partial charge in [0.15, 0.2) is 0 Å². The van der Waals surface area contributed by atoms with Crippen molar-refractivity contribution in [2.24, 2.45) is 23.7 Å². The Labute approximate surface area is 170 Å². The van der Waals surface area contributed by atoms with Crippen LogP contribution < -0.4 is 16.0 Å². The van der Waals surface area contributed by atoms with Crippen molar-refractivity contribution >= 4 is 11.9 Å². The summed E-state index contributed by atoms with van der Waals surface area (Å²) in [7, 11) is 0. The van der Waals surface area contributed by atoms with E-state index in [-0.39, 0.29) is 24.4 Å². The third-order valence-corrected chi connectivity index (χ3v) is 6.34. The lowest BCUT2D eigenvalue weighted by molar-refractivity contribution is -0.121. The third kappa shape index (κ3) is 6.89. The van der Waals surface area contributed by atoms with Gasteiger partial charge in [-0.25, -0.2) is 4.79 Å². The van der Waals surface area contributed by atoms with Gasteiger partial charge in [-0.2, -0.15) is 0 Å². The van der Waals surface area contributed by atoms with E-state index < -0.39 is 0 Å². The van der Waals surface area contributed by atoms with Crippen LogP contribution in [0.2, 0.25) is 0 Å². The summed E-state index contributed by atoms with van der Waals surface area (Å²) < 4.78 is 0. The lowest BCUT2D eigenvalue weighted by Gasteiger charge is -2.37. The number of hydrogen-bond acceptors (Lipinski definition) is 2. The molecule has 0 radical (unpaired) electrons. The normalized spacial score (nSPS) is 25.5. The molecule has 3 amide bonds. The highest BCUT2D eigenvalue weighted by molar-refractivity contribution is 5.77. The first-order valence-electron chi connectivity index (χ1n) is 10.8. The third-order valence-electron chi connectivity index (χ3n) is 6.34. The minimum atomic E-state index is -0.0451. The number of hydrogen-bond donors (Lipinski definition) is 3. The van der Waals surface area contributed by atoms with Crippen molar-refractivity contribution in [2.75, 3.05) is 13.1 Å². The Morgan fingerprint density at radius 2 is 1.93 bits per heavy atom. The Kier molecular flexibility index (Phi) is 8.89. The van der Waals surface area contributed by atoms with Gasteiger partial charge in [-0.05, 0) is 49.9 Å². The van der Waals surface area contributed by atoms with E-state index in [1.165, 1.54) is 24.8 Å². The molecule has 3 N–H and O–H groups in total. The van der Waals surface area contributed by atoms with Crippen LogP contribution in [0.4, 0.5) is 4.79 Å². The maximum Gasteiger partial charge on any atom is 0.315 e. The van der Waals surface area contributed by atoms with Crippen LogP contribution in [-0.4, -0.2) is 31.1 Å². The van der Waals surface area contributed by atoms with Crippen molar-refractivity contribution in [3.63, 3.8) is 0 Å². The lowest BCUT2D eigenvalue weighted by Crippen LogP contribution is -2.45. The number of nitrogens with one attached hydrogen (secondary N) is 3. The van der Waals surface area contributed by atoms with Gasteiger partial charge in [0.05, 0.1) is 6.54 Å². The predicted octanol–water partition coefficient (Wildman–Crippen LogP) is 3.61. The zero-order chi connectivity index (χ0) is 20.5. The number of rotatable bonds is 7. The highest BCUT2D eigenvalue weighted by atomic mass is 16.2. The van der Waals surface area contributed by atoms with Crippen molar-refractivity contribution in [3.8, 4) is 12.3 Å². The van der Waals surface area contributed by atoms with Gasteiger partial charge in [-0.3, -0.25) is 4.79 Å². The fraction of sp³-hybridized carbons (Fsp3) is 0.739. The second kappa shape index (κ2) is 11.1. The molecule has 3 atom stereocenters. The van der Waals surface area contributed by atoms with Gasteiger partial charge in [0.2, 0.25) is 5.91 Å². The summed E-state index contributed by atoms with van der Waals surface area (Å²) in [5.41, 5.74) is 1.24. The summed E-state index contributed by atoms with van der Waals surface area (Å²) in [6, 6.07) is 0.278. The molecule has 2 aliphatic rings. The fourth-order valence-corrected chi connectivity index (χ4v) is 4.65. The number of carbonyl (C=O) groups excluding carboxylic acids is 2. The first kappa shape index (κ1) is 22.3. The van der Waals surface area contributed by atoms with Crippen molar-refractivity contribution < 1.29 is 9.59 Å². The molecule has 0 aromatic carbocycles. The maximum atomic E-state index is 12.3. The summed E-state index contributed by atoms with van der Waals surface area (Å²) in [6.07, 6.45) is 14.8. The van der Waals surface area contributed by atoms with E-state index in [0.717, 1.165) is 19.3 Å². The van der Waals surface area contributed by atoms with Gasteiger partial charge in [-0.15, -0.1) is 6.42 Å². The van der Waals surface area contributed by atoms with Gasteiger partial charge >= 0.3 is 6.03 Å². The van der Waals surface area contributed by atoms with Gasteiger partial charge in [0, 0.05) is 19.0 Å². The summed E-state index contributed by atoms with van der Waals surface area (Å²) in [6.45, 7) is 7.48. The summed E-state index contributed by atoms with van der Waals surface area (Å²) in [5.74, 6) is 3.96. The Hall–Kier alpha value is -1.96. The van der Waals surface area contributed by atoms with E-state index in [1.54, 1.807) is 0 Å². The zero-order valence-corrected chi connectivity index (χ0v) is 17.7. The van der Waals surface area contributed by atoms with Crippen molar-refractivity contribution in [1.82, 2.24) is 16.0 Å². The molecule has 0 aromatic heterocycles. The molecule has 2 rings (SSSR count). The molecule has 0 unspecified atom stereocenters. The summed E-state index contributed by atoms with van der Waals surface area (Å²) in [5, 5.41) is 8.99. The van der Waals surface area contributed by atoms with Crippen LogP contribution in [0, 0.1) is 36.0 Å². The smallest absolute Gasteiger partial charge is 0.315 e. The van der Waals surface area contributed by atoms with Crippen LogP contribution in [-0.2, 0) is 4.79 Å². The van der Waals surface area contributed by atoms with Crippen LogP contribution in [0.5, 0.6) is 0 Å². The molecule has 0 bridgehead atoms. The average Bonchev–Trinajstić information content (AvgIpc) is 2.67. The van der Waals surface area contributed by atoms with Crippen LogP contribution in [0.1, 0.15) is 65.7 Å². The predicted molar refractivity (Wildman–Crippen MR) is 114 cm³/mol. The van der Waals surface area contributed by atoms with Crippen LogP contribution in [0.15, 0.2) is 11.6 Å². The van der Waals surface area contributed by atoms with Crippen LogP contribution >= 0.6 is 0 Å². The molecule has 0 saturated heterocycles. The molecule has 1 fully saturated rings. The van der Waals surface area contributed by atoms with E-state index in [9.17, 15) is 9.59 Å². The number of terminal acetylenes is 1. The molecular weight excluding hydrogens is 350 g/mol. The Balaban J connectivity index is 1.90. The molecule has 0 aromatic rings. The monoisotopic (exact) mass is 387 g/mol. The first-order valence-corrected chi connectivity index (χ1v) is 10.8. The average molecular weight is 388 g/mol. The number of allylic oxidation sites excluding steroid dienone is 1. The molecule has 0 spiro atoms. The Morgan fingerprint density at radius 3 is 2.57 bits per heavy atom. The molecule has 1 saturated carbocycles. The van der Waals surface area contributed by atoms with E-state index in [0.29, 0.717) is 36.8 Å². The molecule has 156 valence electrons. The molecule has 5 heteroatoms. The first-order chi connectivity index (χ1) is 13.4. The number of amides is 3. The van der Waals surface area contributed by atoms with Crippen LogP contribution in [0.3, 0.4) is 0 Å². The van der Waals surface area contributed by atoms with E-state index in [1.807, 2.05) is 0 Å². The second-order valence-corrected chi connectivity index (χ2v) is 8.79. The molecule has 5 nitrogen and oxygen atoms in total. The van der Waals surface area contributed by atoms with E-state index in [4.69, 9.17) is 6.42 Å². The summed E-state index contributed by atoms with van der Waals surface area (Å²) in [4.78, 5) is 24.4. The molecular formula is C23H37N3O2. The number of carbonyl (C=O) groups is 2. The van der Waals surface area contributed by atoms with E-state index >= 15 is 0 Å². The fourth-order valence-electron chi connectivity index (χ4n) is 4.65. The van der Waals surface area contributed by atoms with Crippen LogP contribution in [0.25, 0.3) is 0 Å². The Morgan fingerprint density at radius 1 is 1.21 bits per heavy atom. The quantitative estimate of drug-likeness (QED) is 0.461. The lowest BCUT2D eigenvalue weighted by atomic mass is 9.70. The molecule has 28 heavy (non-hydrogen) atoms. The molecule has 0 heterocycles. The number of urea groups is 1. The molecule has 0 aliphatic heterocycles. The SMILES string of the molecule is C#CCNC(=O)C[C@@H]1C[C@@H](C(C)C)[C@H](CNC(=O)NC2CCCCC2)C=C1C. The highest BCUT2D eigenvalue weighted by Crippen LogP contribution is 2.38. The summed E-state index contributed by atoms with van der Waals surface area (Å²) >= 11 is 0. The maximum absolute atomic E-state index is 12.3.